The van der Waals surface area contributed by atoms with Crippen LogP contribution >= 0.6 is 0 Å². The fourth-order valence-corrected chi connectivity index (χ4v) is 3.80. The lowest BCUT2D eigenvalue weighted by molar-refractivity contribution is 0.229. The molecule has 0 bridgehead atoms. The molecule has 0 aliphatic carbocycles. The Balaban J connectivity index is 1.51. The van der Waals surface area contributed by atoms with Gasteiger partial charge in [0.25, 0.3) is 0 Å². The van der Waals surface area contributed by atoms with Gasteiger partial charge in [-0.05, 0) is 59.9 Å². The van der Waals surface area contributed by atoms with Gasteiger partial charge in [-0.3, -0.25) is 9.88 Å². The number of ether oxygens (including phenoxy) is 1. The zero-order chi connectivity index (χ0) is 19.3. The normalized spacial score (nSPS) is 15.7. The average molecular weight is 370 g/mol. The van der Waals surface area contributed by atoms with E-state index in [1.807, 2.05) is 18.3 Å². The fourth-order valence-electron chi connectivity index (χ4n) is 3.80. The minimum atomic E-state index is 0.277. The number of hydrogen-bond acceptors (Lipinski definition) is 3. The second kappa shape index (κ2) is 8.41. The summed E-state index contributed by atoms with van der Waals surface area (Å²) < 4.78 is 5.37. The van der Waals surface area contributed by atoms with Crippen molar-refractivity contribution in [3.05, 3.63) is 90.3 Å². The van der Waals surface area contributed by atoms with E-state index in [-0.39, 0.29) is 6.04 Å². The third kappa shape index (κ3) is 4.00. The van der Waals surface area contributed by atoms with Gasteiger partial charge in [-0.1, -0.05) is 48.5 Å². The second-order valence-electron chi connectivity index (χ2n) is 7.22. The maximum atomic E-state index is 5.37. The summed E-state index contributed by atoms with van der Waals surface area (Å²) in [6.45, 7) is 4.25. The van der Waals surface area contributed by atoms with Gasteiger partial charge in [-0.2, -0.15) is 0 Å². The number of hydrogen-bond donors (Lipinski definition) is 0. The molecule has 0 radical (unpaired) electrons. The highest BCUT2D eigenvalue weighted by Crippen LogP contribution is 2.30. The minimum Gasteiger partial charge on any atom is -0.497 e. The molecule has 0 amide bonds. The molecule has 0 spiro atoms. The molecular formula is C25H26N2O. The highest BCUT2D eigenvalue weighted by molar-refractivity contribution is 5.67. The van der Waals surface area contributed by atoms with E-state index in [1.54, 1.807) is 7.11 Å². The summed E-state index contributed by atoms with van der Waals surface area (Å²) in [6.07, 6.45) is 5.35. The third-order valence-corrected chi connectivity index (χ3v) is 5.55. The maximum absolute atomic E-state index is 5.37. The van der Waals surface area contributed by atoms with Crippen molar-refractivity contribution in [2.75, 3.05) is 20.2 Å². The molecular weight excluding hydrogens is 344 g/mol. The van der Waals surface area contributed by atoms with Crippen LogP contribution in [0.1, 0.15) is 30.6 Å². The molecule has 4 rings (SSSR count). The Kier molecular flexibility index (Phi) is 5.54. The van der Waals surface area contributed by atoms with E-state index in [0.29, 0.717) is 0 Å². The van der Waals surface area contributed by atoms with Crippen LogP contribution in [0.3, 0.4) is 0 Å². The fraction of sp³-hybridized carbons (Fsp3) is 0.240. The van der Waals surface area contributed by atoms with Gasteiger partial charge in [0.05, 0.1) is 12.8 Å². The largest absolute Gasteiger partial charge is 0.497 e. The topological polar surface area (TPSA) is 25.4 Å². The van der Waals surface area contributed by atoms with Crippen molar-refractivity contribution in [2.24, 2.45) is 0 Å². The quantitative estimate of drug-likeness (QED) is 0.584. The van der Waals surface area contributed by atoms with Gasteiger partial charge in [0, 0.05) is 25.3 Å². The van der Waals surface area contributed by atoms with Gasteiger partial charge >= 0.3 is 0 Å². The van der Waals surface area contributed by atoms with Crippen LogP contribution < -0.4 is 4.74 Å². The Hall–Kier alpha value is -2.91. The molecule has 0 fully saturated rings. The number of pyridine rings is 1. The van der Waals surface area contributed by atoms with Crippen molar-refractivity contribution in [3.63, 3.8) is 0 Å². The minimum absolute atomic E-state index is 0.277. The van der Waals surface area contributed by atoms with Crippen molar-refractivity contribution >= 4 is 5.57 Å². The second-order valence-corrected chi connectivity index (χ2v) is 7.22. The lowest BCUT2D eigenvalue weighted by Crippen LogP contribution is -2.31. The SMILES string of the molecule is COc1cccc(-c2ccnc(C(C)N3CC=C(c4ccccc4)CC3)c2)c1. The smallest absolute Gasteiger partial charge is 0.119 e. The zero-order valence-corrected chi connectivity index (χ0v) is 16.5. The Morgan fingerprint density at radius 1 is 0.929 bits per heavy atom. The third-order valence-electron chi connectivity index (χ3n) is 5.55. The van der Waals surface area contributed by atoms with Crippen LogP contribution in [0.4, 0.5) is 0 Å². The van der Waals surface area contributed by atoms with Crippen molar-refractivity contribution in [1.82, 2.24) is 9.88 Å². The van der Waals surface area contributed by atoms with E-state index >= 15 is 0 Å². The molecule has 1 atom stereocenters. The number of benzene rings is 2. The maximum Gasteiger partial charge on any atom is 0.119 e. The molecule has 1 aliphatic rings. The Bertz CT molecular complexity index is 965. The van der Waals surface area contributed by atoms with Crippen LogP contribution in [0.25, 0.3) is 16.7 Å². The Morgan fingerprint density at radius 2 is 1.71 bits per heavy atom. The first-order chi connectivity index (χ1) is 13.7. The molecule has 1 unspecified atom stereocenters. The molecule has 28 heavy (non-hydrogen) atoms. The van der Waals surface area contributed by atoms with E-state index in [0.717, 1.165) is 36.5 Å². The molecule has 0 N–H and O–H groups in total. The lowest BCUT2D eigenvalue weighted by atomic mass is 9.98. The molecule has 3 aromatic rings. The predicted molar refractivity (Wildman–Crippen MR) is 115 cm³/mol. The first kappa shape index (κ1) is 18.5. The Labute approximate surface area is 167 Å². The van der Waals surface area contributed by atoms with E-state index in [4.69, 9.17) is 4.74 Å². The number of aromatic nitrogens is 1. The summed E-state index contributed by atoms with van der Waals surface area (Å²) in [6, 6.07) is 23.4. The molecule has 1 aliphatic heterocycles. The molecule has 142 valence electrons. The molecule has 2 aromatic carbocycles. The molecule has 3 heteroatoms. The van der Waals surface area contributed by atoms with Crippen LogP contribution in [-0.2, 0) is 0 Å². The van der Waals surface area contributed by atoms with E-state index in [1.165, 1.54) is 16.7 Å². The number of methoxy groups -OCH3 is 1. The first-order valence-electron chi connectivity index (χ1n) is 9.83. The Morgan fingerprint density at radius 3 is 2.46 bits per heavy atom. The van der Waals surface area contributed by atoms with Crippen LogP contribution in [0.15, 0.2) is 79.0 Å². The van der Waals surface area contributed by atoms with Gasteiger partial charge in [0.1, 0.15) is 5.75 Å². The van der Waals surface area contributed by atoms with Crippen molar-refractivity contribution in [2.45, 2.75) is 19.4 Å². The molecule has 2 heterocycles. The van der Waals surface area contributed by atoms with E-state index in [2.05, 4.69) is 77.5 Å². The van der Waals surface area contributed by atoms with Crippen LogP contribution in [0.5, 0.6) is 5.75 Å². The van der Waals surface area contributed by atoms with Crippen molar-refractivity contribution in [3.8, 4) is 16.9 Å². The summed E-state index contributed by atoms with van der Waals surface area (Å²) in [7, 11) is 1.70. The first-order valence-corrected chi connectivity index (χ1v) is 9.83. The molecule has 0 saturated carbocycles. The molecule has 1 aromatic heterocycles. The number of nitrogens with zero attached hydrogens (tertiary/aromatic N) is 2. The van der Waals surface area contributed by atoms with Crippen LogP contribution in [0.2, 0.25) is 0 Å². The lowest BCUT2D eigenvalue weighted by Gasteiger charge is -2.31. The highest BCUT2D eigenvalue weighted by Gasteiger charge is 2.20. The van der Waals surface area contributed by atoms with Gasteiger partial charge < -0.3 is 4.74 Å². The van der Waals surface area contributed by atoms with Crippen LogP contribution in [-0.4, -0.2) is 30.1 Å². The predicted octanol–water partition coefficient (Wildman–Crippen LogP) is 5.61. The highest BCUT2D eigenvalue weighted by atomic mass is 16.5. The van der Waals surface area contributed by atoms with Gasteiger partial charge in [-0.25, -0.2) is 0 Å². The van der Waals surface area contributed by atoms with Gasteiger partial charge in [0.2, 0.25) is 0 Å². The number of rotatable bonds is 5. The van der Waals surface area contributed by atoms with Gasteiger partial charge in [-0.15, -0.1) is 0 Å². The van der Waals surface area contributed by atoms with Crippen molar-refractivity contribution < 1.29 is 4.74 Å². The van der Waals surface area contributed by atoms with Gasteiger partial charge in [0.15, 0.2) is 0 Å². The monoisotopic (exact) mass is 370 g/mol. The van der Waals surface area contributed by atoms with Crippen molar-refractivity contribution in [1.29, 1.82) is 0 Å². The van der Waals surface area contributed by atoms with E-state index in [9.17, 15) is 0 Å². The molecule has 3 nitrogen and oxygen atoms in total. The summed E-state index contributed by atoms with van der Waals surface area (Å²) in [4.78, 5) is 7.16. The van der Waals surface area contributed by atoms with E-state index < -0.39 is 0 Å². The zero-order valence-electron chi connectivity index (χ0n) is 16.5. The summed E-state index contributed by atoms with van der Waals surface area (Å²) in [5.74, 6) is 0.874. The molecule has 0 saturated heterocycles. The summed E-state index contributed by atoms with van der Waals surface area (Å²) in [5.41, 5.74) is 6.22. The van der Waals surface area contributed by atoms with Crippen LogP contribution in [0, 0.1) is 0 Å². The average Bonchev–Trinajstić information content (AvgIpc) is 2.79. The summed E-state index contributed by atoms with van der Waals surface area (Å²) >= 11 is 0. The standard InChI is InChI=1S/C25H26N2O/c1-19(27-15-12-21(13-16-27)20-7-4-3-5-8-20)25-18-23(11-14-26-25)22-9-6-10-24(17-22)28-2/h3-12,14,17-19H,13,15-16H2,1-2H3. The summed E-state index contributed by atoms with van der Waals surface area (Å²) in [5, 5.41) is 0.